The van der Waals surface area contributed by atoms with Crippen molar-refractivity contribution in [3.05, 3.63) is 62.1 Å². The summed E-state index contributed by atoms with van der Waals surface area (Å²) in [4.78, 5) is 10.4. The van der Waals surface area contributed by atoms with E-state index in [4.69, 9.17) is 5.26 Å². The first-order valence-corrected chi connectivity index (χ1v) is 6.52. The molecule has 0 atom stereocenters. The fraction of sp³-hybridized carbons (Fsp3) is 0.0714. The van der Waals surface area contributed by atoms with Crippen LogP contribution in [0.5, 0.6) is 0 Å². The Hall–Kier alpha value is -2.39. The highest BCUT2D eigenvalue weighted by atomic mass is 79.9. The van der Waals surface area contributed by atoms with Crippen LogP contribution in [0.25, 0.3) is 0 Å². The van der Waals surface area contributed by atoms with Crippen molar-refractivity contribution in [2.75, 3.05) is 5.32 Å². The Kier molecular flexibility index (Phi) is 4.01. The third kappa shape index (κ3) is 2.95. The van der Waals surface area contributed by atoms with Gasteiger partial charge in [-0.25, -0.2) is 0 Å². The van der Waals surface area contributed by atoms with Crippen LogP contribution in [0.2, 0.25) is 0 Å². The molecule has 0 bridgehead atoms. The van der Waals surface area contributed by atoms with Gasteiger partial charge in [-0.15, -0.1) is 0 Å². The Morgan fingerprint density at radius 2 is 2.05 bits per heavy atom. The molecule has 0 unspecified atom stereocenters. The first-order valence-electron chi connectivity index (χ1n) is 5.73. The van der Waals surface area contributed by atoms with Crippen molar-refractivity contribution in [1.29, 1.82) is 5.26 Å². The van der Waals surface area contributed by atoms with Crippen LogP contribution in [-0.4, -0.2) is 4.92 Å². The standard InChI is InChI=1S/C14H10BrN3O2/c1-9-6-11(15)3-5-13(9)17-12-4-2-10(8-16)14(7-12)18(19)20/h2-7,17H,1H3. The molecular formula is C14H10BrN3O2. The van der Waals surface area contributed by atoms with Crippen LogP contribution in [0, 0.1) is 28.4 Å². The molecule has 0 saturated carbocycles. The summed E-state index contributed by atoms with van der Waals surface area (Å²) in [6.07, 6.45) is 0. The number of nitro groups is 1. The summed E-state index contributed by atoms with van der Waals surface area (Å²) in [5, 5.41) is 22.9. The molecule has 100 valence electrons. The predicted octanol–water partition coefficient (Wildman–Crippen LogP) is 4.28. The molecule has 0 radical (unpaired) electrons. The summed E-state index contributed by atoms with van der Waals surface area (Å²) in [5.41, 5.74) is 2.28. The number of aryl methyl sites for hydroxylation is 1. The lowest BCUT2D eigenvalue weighted by Gasteiger charge is -2.10. The zero-order chi connectivity index (χ0) is 14.7. The summed E-state index contributed by atoms with van der Waals surface area (Å²) in [6.45, 7) is 1.94. The topological polar surface area (TPSA) is 79.0 Å². The average molecular weight is 332 g/mol. The van der Waals surface area contributed by atoms with E-state index in [2.05, 4.69) is 21.2 Å². The number of hydrogen-bond acceptors (Lipinski definition) is 4. The van der Waals surface area contributed by atoms with E-state index in [1.807, 2.05) is 31.2 Å². The maximum absolute atomic E-state index is 10.9. The van der Waals surface area contributed by atoms with Gasteiger partial charge >= 0.3 is 0 Å². The smallest absolute Gasteiger partial charge is 0.289 e. The minimum atomic E-state index is -0.557. The maximum Gasteiger partial charge on any atom is 0.289 e. The number of nitro benzene ring substituents is 1. The lowest BCUT2D eigenvalue weighted by Crippen LogP contribution is -1.97. The molecule has 0 fully saturated rings. The number of anilines is 2. The van der Waals surface area contributed by atoms with Gasteiger partial charge in [0.2, 0.25) is 0 Å². The number of halogens is 1. The van der Waals surface area contributed by atoms with Gasteiger partial charge in [0.05, 0.1) is 4.92 Å². The second-order valence-electron chi connectivity index (χ2n) is 4.19. The van der Waals surface area contributed by atoms with E-state index in [-0.39, 0.29) is 11.3 Å². The summed E-state index contributed by atoms with van der Waals surface area (Å²) >= 11 is 3.38. The Labute approximate surface area is 124 Å². The van der Waals surface area contributed by atoms with Gasteiger partial charge in [0.25, 0.3) is 5.69 Å². The highest BCUT2D eigenvalue weighted by Gasteiger charge is 2.14. The number of nitrogens with zero attached hydrogens (tertiary/aromatic N) is 2. The highest BCUT2D eigenvalue weighted by molar-refractivity contribution is 9.10. The molecule has 2 aromatic rings. The lowest BCUT2D eigenvalue weighted by molar-refractivity contribution is -0.385. The molecule has 0 amide bonds. The van der Waals surface area contributed by atoms with Crippen molar-refractivity contribution in [3.63, 3.8) is 0 Å². The summed E-state index contributed by atoms with van der Waals surface area (Å²) in [5.74, 6) is 0. The van der Waals surface area contributed by atoms with Crippen LogP contribution in [-0.2, 0) is 0 Å². The SMILES string of the molecule is Cc1cc(Br)ccc1Nc1ccc(C#N)c([N+](=O)[O-])c1. The molecular weight excluding hydrogens is 322 g/mol. The quantitative estimate of drug-likeness (QED) is 0.672. The minimum Gasteiger partial charge on any atom is -0.355 e. The molecule has 2 aromatic carbocycles. The van der Waals surface area contributed by atoms with Gasteiger partial charge < -0.3 is 5.32 Å². The van der Waals surface area contributed by atoms with Crippen LogP contribution >= 0.6 is 15.9 Å². The van der Waals surface area contributed by atoms with Crippen molar-refractivity contribution in [2.45, 2.75) is 6.92 Å². The first-order chi connectivity index (χ1) is 9.51. The van der Waals surface area contributed by atoms with Crippen LogP contribution in [0.15, 0.2) is 40.9 Å². The monoisotopic (exact) mass is 331 g/mol. The summed E-state index contributed by atoms with van der Waals surface area (Å²) in [6, 6.07) is 12.0. The number of hydrogen-bond donors (Lipinski definition) is 1. The summed E-state index contributed by atoms with van der Waals surface area (Å²) < 4.78 is 0.964. The molecule has 0 aromatic heterocycles. The van der Waals surface area contributed by atoms with Crippen LogP contribution in [0.4, 0.5) is 17.1 Å². The van der Waals surface area contributed by atoms with E-state index in [0.29, 0.717) is 5.69 Å². The van der Waals surface area contributed by atoms with Gasteiger partial charge in [0.1, 0.15) is 11.6 Å². The van der Waals surface area contributed by atoms with E-state index in [1.165, 1.54) is 12.1 Å². The zero-order valence-corrected chi connectivity index (χ0v) is 12.1. The van der Waals surface area contributed by atoms with E-state index in [9.17, 15) is 10.1 Å². The van der Waals surface area contributed by atoms with E-state index < -0.39 is 4.92 Å². The molecule has 0 aliphatic heterocycles. The second kappa shape index (κ2) is 5.72. The Morgan fingerprint density at radius 3 is 2.65 bits per heavy atom. The van der Waals surface area contributed by atoms with Crippen molar-refractivity contribution in [3.8, 4) is 6.07 Å². The van der Waals surface area contributed by atoms with Crippen molar-refractivity contribution < 1.29 is 4.92 Å². The molecule has 2 rings (SSSR count). The van der Waals surface area contributed by atoms with Crippen LogP contribution < -0.4 is 5.32 Å². The van der Waals surface area contributed by atoms with Crippen molar-refractivity contribution in [1.82, 2.24) is 0 Å². The van der Waals surface area contributed by atoms with Crippen LogP contribution in [0.3, 0.4) is 0 Å². The normalized spacial score (nSPS) is 9.85. The van der Waals surface area contributed by atoms with Gasteiger partial charge in [0.15, 0.2) is 0 Å². The molecule has 1 N–H and O–H groups in total. The molecule has 20 heavy (non-hydrogen) atoms. The van der Waals surface area contributed by atoms with Gasteiger partial charge in [-0.3, -0.25) is 10.1 Å². The third-order valence-corrected chi connectivity index (χ3v) is 3.28. The Balaban J connectivity index is 2.37. The second-order valence-corrected chi connectivity index (χ2v) is 5.10. The zero-order valence-electron chi connectivity index (χ0n) is 10.6. The van der Waals surface area contributed by atoms with Gasteiger partial charge in [-0.05, 0) is 42.8 Å². The van der Waals surface area contributed by atoms with Crippen molar-refractivity contribution >= 4 is 33.0 Å². The van der Waals surface area contributed by atoms with E-state index in [0.717, 1.165) is 15.7 Å². The Bertz CT molecular complexity index is 723. The lowest BCUT2D eigenvalue weighted by atomic mass is 10.1. The van der Waals surface area contributed by atoms with Gasteiger partial charge in [0, 0.05) is 21.9 Å². The van der Waals surface area contributed by atoms with Crippen molar-refractivity contribution in [2.24, 2.45) is 0 Å². The minimum absolute atomic E-state index is 0.0491. The van der Waals surface area contributed by atoms with Gasteiger partial charge in [-0.1, -0.05) is 15.9 Å². The highest BCUT2D eigenvalue weighted by Crippen LogP contribution is 2.27. The fourth-order valence-corrected chi connectivity index (χ4v) is 2.25. The van der Waals surface area contributed by atoms with Gasteiger partial charge in [-0.2, -0.15) is 5.26 Å². The molecule has 0 aliphatic carbocycles. The molecule has 6 heteroatoms. The van der Waals surface area contributed by atoms with E-state index >= 15 is 0 Å². The number of rotatable bonds is 3. The first kappa shape index (κ1) is 14.0. The molecule has 0 spiro atoms. The Morgan fingerprint density at radius 1 is 1.30 bits per heavy atom. The molecule has 0 heterocycles. The number of benzene rings is 2. The van der Waals surface area contributed by atoms with E-state index in [1.54, 1.807) is 6.07 Å². The molecule has 5 nitrogen and oxygen atoms in total. The third-order valence-electron chi connectivity index (χ3n) is 2.78. The fourth-order valence-electron chi connectivity index (χ4n) is 1.78. The molecule has 0 saturated heterocycles. The molecule has 0 aliphatic rings. The number of nitrogens with one attached hydrogen (secondary N) is 1. The maximum atomic E-state index is 10.9. The summed E-state index contributed by atoms with van der Waals surface area (Å²) in [7, 11) is 0. The largest absolute Gasteiger partial charge is 0.355 e. The number of nitriles is 1. The average Bonchev–Trinajstić information content (AvgIpc) is 2.41. The predicted molar refractivity (Wildman–Crippen MR) is 80.0 cm³/mol. The van der Waals surface area contributed by atoms with Crippen LogP contribution in [0.1, 0.15) is 11.1 Å².